The first-order valence-corrected chi connectivity index (χ1v) is 8.12. The summed E-state index contributed by atoms with van der Waals surface area (Å²) in [6, 6.07) is 1.50. The third-order valence-corrected chi connectivity index (χ3v) is 3.55. The second-order valence-corrected chi connectivity index (χ2v) is 5.48. The summed E-state index contributed by atoms with van der Waals surface area (Å²) in [7, 11) is 0. The Balaban J connectivity index is 1.68. The molecule has 134 valence electrons. The van der Waals surface area contributed by atoms with Gasteiger partial charge in [-0.25, -0.2) is 9.59 Å². The number of ether oxygens (including phenoxy) is 3. The largest absolute Gasteiger partial charge is 0.444 e. The third kappa shape index (κ3) is 5.50. The van der Waals surface area contributed by atoms with Crippen molar-refractivity contribution in [3.8, 4) is 0 Å². The van der Waals surface area contributed by atoms with Gasteiger partial charge in [0.15, 0.2) is 12.5 Å². The van der Waals surface area contributed by atoms with Crippen LogP contribution in [0, 0.1) is 0 Å². The molecule has 1 aliphatic heterocycles. The molecule has 1 aliphatic rings. The van der Waals surface area contributed by atoms with Crippen molar-refractivity contribution < 1.29 is 19.0 Å². The van der Waals surface area contributed by atoms with Gasteiger partial charge in [0.05, 0.1) is 6.61 Å². The van der Waals surface area contributed by atoms with Gasteiger partial charge in [-0.1, -0.05) is 26.2 Å². The minimum Gasteiger partial charge on any atom is -0.444 e. The fourth-order valence-corrected chi connectivity index (χ4v) is 2.26. The van der Waals surface area contributed by atoms with Crippen LogP contribution in [0.3, 0.4) is 0 Å². The monoisotopic (exact) mass is 340 g/mol. The Morgan fingerprint density at radius 2 is 2.33 bits per heavy atom. The second kappa shape index (κ2) is 9.24. The van der Waals surface area contributed by atoms with Crippen LogP contribution in [-0.2, 0) is 14.2 Å². The Morgan fingerprint density at radius 3 is 3.08 bits per heavy atom. The summed E-state index contributed by atoms with van der Waals surface area (Å²) < 4.78 is 17.2. The van der Waals surface area contributed by atoms with E-state index in [1.165, 1.54) is 16.8 Å². The molecular formula is C15H24N4O5. The number of hydrogen-bond acceptors (Lipinski definition) is 7. The summed E-state index contributed by atoms with van der Waals surface area (Å²) in [5.41, 5.74) is 4.92. The fraction of sp³-hybridized carbons (Fsp3) is 0.667. The van der Waals surface area contributed by atoms with Crippen molar-refractivity contribution in [3.63, 3.8) is 0 Å². The van der Waals surface area contributed by atoms with Gasteiger partial charge in [-0.3, -0.25) is 4.57 Å². The number of nitrogens with zero attached hydrogens (tertiary/aromatic N) is 2. The van der Waals surface area contributed by atoms with Gasteiger partial charge >= 0.3 is 11.8 Å². The number of anilines is 1. The highest BCUT2D eigenvalue weighted by atomic mass is 16.7. The maximum atomic E-state index is 11.7. The van der Waals surface area contributed by atoms with E-state index in [1.54, 1.807) is 0 Å². The molecule has 2 heterocycles. The van der Waals surface area contributed by atoms with Crippen molar-refractivity contribution in [1.29, 1.82) is 0 Å². The van der Waals surface area contributed by atoms with Crippen LogP contribution in [0.1, 0.15) is 38.8 Å². The lowest BCUT2D eigenvalue weighted by atomic mass is 10.2. The summed E-state index contributed by atoms with van der Waals surface area (Å²) in [6.45, 7) is 2.83. The average Bonchev–Trinajstić information content (AvgIpc) is 3.01. The number of nitrogens with two attached hydrogens (primary N) is 1. The molecule has 1 fully saturated rings. The van der Waals surface area contributed by atoms with E-state index < -0.39 is 24.3 Å². The second-order valence-electron chi connectivity index (χ2n) is 5.48. The first-order valence-electron chi connectivity index (χ1n) is 8.12. The van der Waals surface area contributed by atoms with Gasteiger partial charge in [0.2, 0.25) is 0 Å². The van der Waals surface area contributed by atoms with Crippen LogP contribution in [0.4, 0.5) is 10.6 Å². The number of alkyl carbamates (subject to hydrolysis) is 1. The van der Waals surface area contributed by atoms with Gasteiger partial charge in [0.25, 0.3) is 0 Å². The summed E-state index contributed by atoms with van der Waals surface area (Å²) in [5, 5.41) is 2.67. The Morgan fingerprint density at radius 1 is 1.50 bits per heavy atom. The molecule has 1 amide bonds. The molecule has 1 saturated heterocycles. The number of aromatic nitrogens is 2. The number of carbonyl (C=O) groups is 1. The molecule has 0 aliphatic carbocycles. The van der Waals surface area contributed by atoms with Crippen LogP contribution in [-0.4, -0.2) is 41.7 Å². The normalized spacial score (nSPS) is 20.0. The van der Waals surface area contributed by atoms with E-state index in [1.807, 2.05) is 0 Å². The molecule has 3 N–H and O–H groups in total. The average molecular weight is 340 g/mol. The van der Waals surface area contributed by atoms with Gasteiger partial charge in [-0.05, 0) is 12.5 Å². The molecule has 0 spiro atoms. The number of amides is 1. The van der Waals surface area contributed by atoms with E-state index in [2.05, 4.69) is 17.2 Å². The molecule has 9 heteroatoms. The summed E-state index contributed by atoms with van der Waals surface area (Å²) >= 11 is 0. The zero-order valence-corrected chi connectivity index (χ0v) is 13.8. The molecule has 9 nitrogen and oxygen atoms in total. The van der Waals surface area contributed by atoms with Crippen molar-refractivity contribution in [2.24, 2.45) is 0 Å². The Kier molecular flexibility index (Phi) is 7.01. The number of nitrogens with one attached hydrogen (secondary N) is 1. The molecular weight excluding hydrogens is 316 g/mol. The summed E-state index contributed by atoms with van der Waals surface area (Å²) in [5.74, 6) is 0.144. The van der Waals surface area contributed by atoms with Gasteiger partial charge < -0.3 is 25.3 Å². The lowest BCUT2D eigenvalue weighted by Gasteiger charge is -2.13. The molecule has 0 aromatic carbocycles. The third-order valence-electron chi connectivity index (χ3n) is 3.55. The maximum Gasteiger partial charge on any atom is 0.407 e. The Hall–Kier alpha value is -2.13. The molecule has 1 aromatic heterocycles. The highest BCUT2D eigenvalue weighted by molar-refractivity contribution is 5.67. The summed E-state index contributed by atoms with van der Waals surface area (Å²) in [4.78, 5) is 26.9. The van der Waals surface area contributed by atoms with Crippen molar-refractivity contribution in [3.05, 3.63) is 22.7 Å². The van der Waals surface area contributed by atoms with Crippen molar-refractivity contribution in [2.45, 2.75) is 45.1 Å². The number of hydrogen-bond donors (Lipinski definition) is 2. The van der Waals surface area contributed by atoms with E-state index in [4.69, 9.17) is 19.9 Å². The molecule has 2 unspecified atom stereocenters. The fourth-order valence-electron chi connectivity index (χ4n) is 2.26. The summed E-state index contributed by atoms with van der Waals surface area (Å²) in [6.07, 6.45) is 3.96. The molecule has 2 atom stereocenters. The van der Waals surface area contributed by atoms with Crippen LogP contribution < -0.4 is 16.7 Å². The van der Waals surface area contributed by atoms with Crippen LogP contribution in [0.2, 0.25) is 0 Å². The molecule has 1 aromatic rings. The zero-order chi connectivity index (χ0) is 17.4. The van der Waals surface area contributed by atoms with Crippen molar-refractivity contribution >= 4 is 11.9 Å². The van der Waals surface area contributed by atoms with E-state index in [0.29, 0.717) is 6.54 Å². The van der Waals surface area contributed by atoms with Gasteiger partial charge in [-0.15, -0.1) is 0 Å². The lowest BCUT2D eigenvalue weighted by molar-refractivity contribution is -0.101. The zero-order valence-electron chi connectivity index (χ0n) is 13.8. The number of unbranched alkanes of at least 4 members (excludes halogenated alkanes) is 3. The first kappa shape index (κ1) is 18.2. The minimum absolute atomic E-state index is 0.0472. The smallest absolute Gasteiger partial charge is 0.407 e. The molecule has 0 saturated carbocycles. The predicted octanol–water partition coefficient (Wildman–Crippen LogP) is 1.00. The number of nitrogen functional groups attached to an aromatic ring is 1. The molecule has 0 bridgehead atoms. The number of carbonyl (C=O) groups excluding carboxylic acids is 1. The van der Waals surface area contributed by atoms with Gasteiger partial charge in [0.1, 0.15) is 12.4 Å². The maximum absolute atomic E-state index is 11.7. The van der Waals surface area contributed by atoms with Gasteiger partial charge in [0, 0.05) is 12.7 Å². The Labute approximate surface area is 140 Å². The highest BCUT2D eigenvalue weighted by Gasteiger charge is 2.29. The highest BCUT2D eigenvalue weighted by Crippen LogP contribution is 2.19. The van der Waals surface area contributed by atoms with E-state index in [-0.39, 0.29) is 19.0 Å². The van der Waals surface area contributed by atoms with Crippen LogP contribution in [0.5, 0.6) is 0 Å². The first-order chi connectivity index (χ1) is 11.6. The van der Waals surface area contributed by atoms with Crippen molar-refractivity contribution in [1.82, 2.24) is 14.9 Å². The molecule has 0 radical (unpaired) electrons. The predicted molar refractivity (Wildman–Crippen MR) is 86.3 cm³/mol. The molecule has 2 rings (SSSR count). The molecule has 24 heavy (non-hydrogen) atoms. The van der Waals surface area contributed by atoms with Gasteiger partial charge in [-0.2, -0.15) is 4.98 Å². The SMILES string of the molecule is CCCCCCNC(=O)OCC1OCC(n2ccc(N)nc2=O)O1. The van der Waals surface area contributed by atoms with E-state index in [9.17, 15) is 9.59 Å². The number of rotatable bonds is 8. The lowest BCUT2D eigenvalue weighted by Crippen LogP contribution is -2.30. The van der Waals surface area contributed by atoms with E-state index >= 15 is 0 Å². The minimum atomic E-state index is -0.717. The standard InChI is InChI=1S/C15H24N4O5/c1-2-3-4-5-7-17-15(21)23-10-13-22-9-12(24-13)19-8-6-11(16)18-14(19)20/h6,8,12-13H,2-5,7,9-10H2,1H3,(H,17,21)(H2,16,18,20). The van der Waals surface area contributed by atoms with Crippen LogP contribution in [0.25, 0.3) is 0 Å². The van der Waals surface area contributed by atoms with Crippen LogP contribution in [0.15, 0.2) is 17.1 Å². The quantitative estimate of drug-likeness (QED) is 0.678. The van der Waals surface area contributed by atoms with E-state index in [0.717, 1.165) is 25.7 Å². The van der Waals surface area contributed by atoms with Crippen LogP contribution >= 0.6 is 0 Å². The topological polar surface area (TPSA) is 118 Å². The Bertz CT molecular complexity index is 591. The van der Waals surface area contributed by atoms with Crippen molar-refractivity contribution in [2.75, 3.05) is 25.5 Å².